The minimum atomic E-state index is -0.309. The van der Waals surface area contributed by atoms with Crippen molar-refractivity contribution in [3.8, 4) is 0 Å². The van der Waals surface area contributed by atoms with Crippen molar-refractivity contribution < 1.29 is 14.3 Å². The van der Waals surface area contributed by atoms with Crippen LogP contribution in [0.5, 0.6) is 0 Å². The summed E-state index contributed by atoms with van der Waals surface area (Å²) in [5.74, 6) is 0.182. The number of carbonyl (C=O) groups is 1. The highest BCUT2D eigenvalue weighted by atomic mass is 16.5. The molecule has 0 heterocycles. The van der Waals surface area contributed by atoms with E-state index in [-0.39, 0.29) is 18.0 Å². The molecule has 0 N–H and O–H groups in total. The van der Waals surface area contributed by atoms with Gasteiger partial charge in [0, 0.05) is 19.6 Å². The highest BCUT2D eigenvalue weighted by Crippen LogP contribution is 2.23. The molecule has 1 aliphatic carbocycles. The first-order valence-corrected chi connectivity index (χ1v) is 7.11. The molecule has 2 rings (SSSR count). The first-order valence-electron chi connectivity index (χ1n) is 7.11. The Morgan fingerprint density at radius 1 is 1.16 bits per heavy atom. The fraction of sp³-hybridized carbons (Fsp3) is 0.562. The van der Waals surface area contributed by atoms with Gasteiger partial charge < -0.3 is 9.47 Å². The van der Waals surface area contributed by atoms with Crippen LogP contribution in [0.2, 0.25) is 0 Å². The number of ketones is 1. The second-order valence-corrected chi connectivity index (χ2v) is 4.96. The molecule has 104 valence electrons. The fourth-order valence-electron chi connectivity index (χ4n) is 2.22. The number of hydrogen-bond donors (Lipinski definition) is 0. The summed E-state index contributed by atoms with van der Waals surface area (Å²) in [6, 6.07) is 10.4. The van der Waals surface area contributed by atoms with E-state index in [1.807, 2.05) is 13.0 Å². The van der Waals surface area contributed by atoms with Crippen LogP contribution in [-0.4, -0.2) is 31.2 Å². The average Bonchev–Trinajstić information content (AvgIpc) is 2.43. The van der Waals surface area contributed by atoms with Crippen LogP contribution in [0.3, 0.4) is 0 Å². The number of hydrogen-bond acceptors (Lipinski definition) is 3. The van der Waals surface area contributed by atoms with Crippen LogP contribution in [0.4, 0.5) is 0 Å². The maximum absolute atomic E-state index is 11.4. The lowest BCUT2D eigenvalue weighted by Gasteiger charge is -2.34. The van der Waals surface area contributed by atoms with E-state index in [1.54, 1.807) is 0 Å². The molecule has 19 heavy (non-hydrogen) atoms. The van der Waals surface area contributed by atoms with Crippen molar-refractivity contribution in [2.75, 3.05) is 13.2 Å². The Morgan fingerprint density at radius 2 is 1.95 bits per heavy atom. The van der Waals surface area contributed by atoms with E-state index >= 15 is 0 Å². The first-order chi connectivity index (χ1) is 9.31. The number of benzene rings is 1. The van der Waals surface area contributed by atoms with Crippen LogP contribution < -0.4 is 0 Å². The summed E-state index contributed by atoms with van der Waals surface area (Å²) in [6.45, 7) is 3.37. The molecule has 3 heteroatoms. The van der Waals surface area contributed by atoms with E-state index in [0.717, 1.165) is 19.3 Å². The number of carbonyl (C=O) groups excluding carboxylic acids is 1. The number of aryl methyl sites for hydroxylation is 1. The van der Waals surface area contributed by atoms with Gasteiger partial charge in [-0.3, -0.25) is 4.79 Å². The van der Waals surface area contributed by atoms with Gasteiger partial charge in [-0.05, 0) is 24.8 Å². The molecule has 0 aliphatic heterocycles. The van der Waals surface area contributed by atoms with Gasteiger partial charge in [-0.15, -0.1) is 0 Å². The smallest absolute Gasteiger partial charge is 0.166 e. The van der Waals surface area contributed by atoms with Crippen molar-refractivity contribution in [2.24, 2.45) is 0 Å². The summed E-state index contributed by atoms with van der Waals surface area (Å²) in [4.78, 5) is 11.4. The highest BCUT2D eigenvalue weighted by Gasteiger charge is 2.41. The van der Waals surface area contributed by atoms with Gasteiger partial charge in [0.05, 0.1) is 6.10 Å². The summed E-state index contributed by atoms with van der Waals surface area (Å²) in [5.41, 5.74) is 1.33. The third-order valence-electron chi connectivity index (χ3n) is 3.34. The monoisotopic (exact) mass is 262 g/mol. The Morgan fingerprint density at radius 3 is 2.63 bits per heavy atom. The van der Waals surface area contributed by atoms with Crippen LogP contribution >= 0.6 is 0 Å². The molecule has 0 radical (unpaired) electrons. The van der Waals surface area contributed by atoms with Crippen LogP contribution in [-0.2, 0) is 20.7 Å². The van der Waals surface area contributed by atoms with E-state index in [9.17, 15) is 4.79 Å². The predicted octanol–water partition coefficient (Wildman–Crippen LogP) is 2.77. The zero-order valence-electron chi connectivity index (χ0n) is 11.5. The summed E-state index contributed by atoms with van der Waals surface area (Å²) < 4.78 is 11.2. The van der Waals surface area contributed by atoms with Gasteiger partial charge in [0.25, 0.3) is 0 Å². The van der Waals surface area contributed by atoms with E-state index in [4.69, 9.17) is 9.47 Å². The summed E-state index contributed by atoms with van der Waals surface area (Å²) >= 11 is 0. The molecule has 1 aromatic rings. The largest absolute Gasteiger partial charge is 0.375 e. The quantitative estimate of drug-likeness (QED) is 0.676. The van der Waals surface area contributed by atoms with Gasteiger partial charge in [-0.2, -0.15) is 0 Å². The lowest BCUT2D eigenvalue weighted by Crippen LogP contribution is -2.50. The van der Waals surface area contributed by atoms with Gasteiger partial charge >= 0.3 is 0 Å². The lowest BCUT2D eigenvalue weighted by atomic mass is 9.90. The molecular formula is C16H22O3. The minimum absolute atomic E-state index is 0.0187. The molecule has 0 bridgehead atoms. The Bertz CT molecular complexity index is 388. The summed E-state index contributed by atoms with van der Waals surface area (Å²) in [7, 11) is 0. The number of rotatable bonds is 8. The predicted molar refractivity (Wildman–Crippen MR) is 74.2 cm³/mol. The molecule has 1 aliphatic rings. The van der Waals surface area contributed by atoms with E-state index < -0.39 is 0 Å². The van der Waals surface area contributed by atoms with E-state index in [2.05, 4.69) is 24.3 Å². The Kier molecular flexibility index (Phi) is 5.55. The molecule has 2 unspecified atom stereocenters. The van der Waals surface area contributed by atoms with Gasteiger partial charge in [0.2, 0.25) is 0 Å². The zero-order valence-corrected chi connectivity index (χ0v) is 11.5. The van der Waals surface area contributed by atoms with Crippen molar-refractivity contribution >= 4 is 5.78 Å². The van der Waals surface area contributed by atoms with Gasteiger partial charge in [-0.25, -0.2) is 0 Å². The molecule has 0 amide bonds. The second-order valence-electron chi connectivity index (χ2n) is 4.96. The van der Waals surface area contributed by atoms with Crippen LogP contribution in [0, 0.1) is 0 Å². The molecule has 0 aromatic heterocycles. The topological polar surface area (TPSA) is 35.5 Å². The third-order valence-corrected chi connectivity index (χ3v) is 3.34. The third kappa shape index (κ3) is 4.15. The summed E-state index contributed by atoms with van der Waals surface area (Å²) in [6.07, 6.45) is 3.12. The van der Waals surface area contributed by atoms with Crippen molar-refractivity contribution in [2.45, 2.75) is 44.8 Å². The SMILES string of the molecule is CCCOC1C(=O)CC1OCCCc1ccccc1. The molecular weight excluding hydrogens is 240 g/mol. The highest BCUT2D eigenvalue weighted by molar-refractivity contribution is 5.90. The zero-order chi connectivity index (χ0) is 13.5. The molecule has 1 fully saturated rings. The molecule has 3 nitrogen and oxygen atoms in total. The first kappa shape index (κ1) is 14.2. The van der Waals surface area contributed by atoms with Crippen LogP contribution in [0.15, 0.2) is 30.3 Å². The van der Waals surface area contributed by atoms with Gasteiger partial charge in [0.15, 0.2) is 5.78 Å². The molecule has 1 saturated carbocycles. The van der Waals surface area contributed by atoms with Crippen LogP contribution in [0.1, 0.15) is 31.7 Å². The Hall–Kier alpha value is -1.19. The standard InChI is InChI=1S/C16H22O3/c1-2-10-19-16-14(17)12-15(16)18-11-6-9-13-7-4-3-5-8-13/h3-5,7-8,15-16H,2,6,9-12H2,1H3. The summed E-state index contributed by atoms with van der Waals surface area (Å²) in [5, 5.41) is 0. The molecule has 2 atom stereocenters. The van der Waals surface area contributed by atoms with Crippen molar-refractivity contribution in [1.29, 1.82) is 0 Å². The Balaban J connectivity index is 1.62. The van der Waals surface area contributed by atoms with E-state index in [1.165, 1.54) is 5.56 Å². The molecule has 0 spiro atoms. The molecule has 0 saturated heterocycles. The van der Waals surface area contributed by atoms with Crippen molar-refractivity contribution in [3.63, 3.8) is 0 Å². The number of ether oxygens (including phenoxy) is 2. The van der Waals surface area contributed by atoms with Gasteiger partial charge in [-0.1, -0.05) is 37.3 Å². The van der Waals surface area contributed by atoms with Crippen LogP contribution in [0.25, 0.3) is 0 Å². The Labute approximate surface area is 114 Å². The molecule has 1 aromatic carbocycles. The average molecular weight is 262 g/mol. The number of Topliss-reactive ketones (excluding diaryl/α,β-unsaturated/α-hetero) is 1. The normalized spacial score (nSPS) is 22.3. The second kappa shape index (κ2) is 7.41. The van der Waals surface area contributed by atoms with Gasteiger partial charge in [0.1, 0.15) is 6.10 Å². The minimum Gasteiger partial charge on any atom is -0.375 e. The lowest BCUT2D eigenvalue weighted by molar-refractivity contribution is -0.165. The van der Waals surface area contributed by atoms with E-state index in [0.29, 0.717) is 19.6 Å². The maximum Gasteiger partial charge on any atom is 0.166 e. The van der Waals surface area contributed by atoms with Crippen molar-refractivity contribution in [3.05, 3.63) is 35.9 Å². The fourth-order valence-corrected chi connectivity index (χ4v) is 2.22. The maximum atomic E-state index is 11.4. The van der Waals surface area contributed by atoms with Crippen molar-refractivity contribution in [1.82, 2.24) is 0 Å².